The predicted octanol–water partition coefficient (Wildman–Crippen LogP) is 2.55. The number of aromatic nitrogens is 1. The molecule has 18 heavy (non-hydrogen) atoms. The molecule has 1 aliphatic rings. The van der Waals surface area contributed by atoms with Crippen LogP contribution in [0.3, 0.4) is 0 Å². The molecule has 1 heterocycles. The summed E-state index contributed by atoms with van der Waals surface area (Å²) in [5.41, 5.74) is 0.886. The Kier molecular flexibility index (Phi) is 4.97. The molecule has 0 spiro atoms. The molecule has 0 saturated heterocycles. The highest BCUT2D eigenvalue weighted by atomic mass is 32.1. The summed E-state index contributed by atoms with van der Waals surface area (Å²) < 4.78 is 5.14. The van der Waals surface area contributed by atoms with Crippen LogP contribution in [0.25, 0.3) is 0 Å². The van der Waals surface area contributed by atoms with Gasteiger partial charge in [0.1, 0.15) is 0 Å². The monoisotopic (exact) mass is 270 g/mol. The first-order chi connectivity index (χ1) is 8.80. The van der Waals surface area contributed by atoms with Gasteiger partial charge in [-0.2, -0.15) is 0 Å². The highest BCUT2D eigenvalue weighted by Gasteiger charge is 2.24. The maximum absolute atomic E-state index is 9.37. The lowest BCUT2D eigenvalue weighted by molar-refractivity contribution is 0.179. The summed E-state index contributed by atoms with van der Waals surface area (Å²) >= 11 is 1.60. The zero-order chi connectivity index (χ0) is 13.0. The average molecular weight is 270 g/mol. The Morgan fingerprint density at radius 2 is 2.17 bits per heavy atom. The average Bonchev–Trinajstić information content (AvgIpc) is 3.01. The van der Waals surface area contributed by atoms with Crippen LogP contribution in [0.1, 0.15) is 43.2 Å². The molecule has 1 saturated carbocycles. The van der Waals surface area contributed by atoms with Crippen molar-refractivity contribution in [3.63, 3.8) is 0 Å². The molecule has 0 atom stereocenters. The van der Waals surface area contributed by atoms with Gasteiger partial charge in [-0.15, -0.1) is 0 Å². The van der Waals surface area contributed by atoms with Gasteiger partial charge in [-0.25, -0.2) is 4.98 Å². The fraction of sp³-hybridized carbons (Fsp3) is 0.769. The number of anilines is 1. The number of methoxy groups -OCH3 is 1. The molecule has 4 nitrogen and oxygen atoms in total. The quantitative estimate of drug-likeness (QED) is 0.863. The van der Waals surface area contributed by atoms with E-state index in [0.29, 0.717) is 12.6 Å². The van der Waals surface area contributed by atoms with Crippen molar-refractivity contribution in [3.05, 3.63) is 10.6 Å². The van der Waals surface area contributed by atoms with Crippen LogP contribution < -0.4 is 4.90 Å². The number of aliphatic hydroxyl groups is 1. The number of hydrogen-bond donors (Lipinski definition) is 1. The third kappa shape index (κ3) is 2.84. The van der Waals surface area contributed by atoms with E-state index in [4.69, 9.17) is 4.74 Å². The molecule has 2 rings (SSSR count). The molecule has 0 amide bonds. The summed E-state index contributed by atoms with van der Waals surface area (Å²) in [6, 6.07) is 0.628. The van der Waals surface area contributed by atoms with Crippen LogP contribution in [0.2, 0.25) is 0 Å². The van der Waals surface area contributed by atoms with Crippen molar-refractivity contribution < 1.29 is 9.84 Å². The van der Waals surface area contributed by atoms with Crippen molar-refractivity contribution in [3.8, 4) is 0 Å². The fourth-order valence-electron chi connectivity index (χ4n) is 2.63. The third-order valence-corrected chi connectivity index (χ3v) is 4.66. The van der Waals surface area contributed by atoms with Gasteiger partial charge in [0.05, 0.1) is 23.8 Å². The van der Waals surface area contributed by atoms with Crippen molar-refractivity contribution in [2.24, 2.45) is 0 Å². The standard InChI is InChI=1S/C13H22N2O2S/c1-3-15(10-6-4-5-7-10)13-14-11(9-17-2)12(8-16)18-13/h10,16H,3-9H2,1-2H3. The summed E-state index contributed by atoms with van der Waals surface area (Å²) in [7, 11) is 1.66. The van der Waals surface area contributed by atoms with Crippen LogP contribution in [0.4, 0.5) is 5.13 Å². The maximum Gasteiger partial charge on any atom is 0.186 e. The minimum Gasteiger partial charge on any atom is -0.391 e. The smallest absolute Gasteiger partial charge is 0.186 e. The van der Waals surface area contributed by atoms with Gasteiger partial charge in [0.2, 0.25) is 0 Å². The Morgan fingerprint density at radius 3 is 2.72 bits per heavy atom. The van der Waals surface area contributed by atoms with Crippen LogP contribution in [0.5, 0.6) is 0 Å². The molecule has 1 fully saturated rings. The second-order valence-corrected chi connectivity index (χ2v) is 5.74. The van der Waals surface area contributed by atoms with Crippen LogP contribution in [-0.4, -0.2) is 29.8 Å². The molecule has 1 aromatic heterocycles. The molecule has 5 heteroatoms. The van der Waals surface area contributed by atoms with E-state index in [0.717, 1.165) is 22.2 Å². The molecule has 102 valence electrons. The number of ether oxygens (including phenoxy) is 1. The van der Waals surface area contributed by atoms with Gasteiger partial charge in [-0.1, -0.05) is 24.2 Å². The molecule has 1 aliphatic carbocycles. The molecule has 0 unspecified atom stereocenters. The fourth-order valence-corrected chi connectivity index (χ4v) is 3.69. The molecule has 1 N–H and O–H groups in total. The van der Waals surface area contributed by atoms with Crippen LogP contribution in [0.15, 0.2) is 0 Å². The number of nitrogens with zero attached hydrogens (tertiary/aromatic N) is 2. The lowest BCUT2D eigenvalue weighted by Gasteiger charge is -2.26. The second-order valence-electron chi connectivity index (χ2n) is 4.68. The summed E-state index contributed by atoms with van der Waals surface area (Å²) in [6.07, 6.45) is 5.18. The molecule has 0 radical (unpaired) electrons. The predicted molar refractivity (Wildman–Crippen MR) is 74.0 cm³/mol. The van der Waals surface area contributed by atoms with Crippen LogP contribution in [0, 0.1) is 0 Å². The summed E-state index contributed by atoms with van der Waals surface area (Å²) in [5, 5.41) is 10.4. The lowest BCUT2D eigenvalue weighted by atomic mass is 10.2. The number of thiazole rings is 1. The summed E-state index contributed by atoms with van der Waals surface area (Å²) in [6.45, 7) is 3.69. The first kappa shape index (κ1) is 13.8. The Labute approximate surface area is 113 Å². The first-order valence-electron chi connectivity index (χ1n) is 6.65. The van der Waals surface area contributed by atoms with Gasteiger partial charge in [-0.3, -0.25) is 0 Å². The van der Waals surface area contributed by atoms with Gasteiger partial charge < -0.3 is 14.7 Å². The summed E-state index contributed by atoms with van der Waals surface area (Å²) in [5.74, 6) is 0. The van der Waals surface area contributed by atoms with E-state index in [9.17, 15) is 5.11 Å². The number of hydrogen-bond acceptors (Lipinski definition) is 5. The normalized spacial score (nSPS) is 16.4. The largest absolute Gasteiger partial charge is 0.391 e. The maximum atomic E-state index is 9.37. The van der Waals surface area contributed by atoms with Crippen molar-refractivity contribution in [2.45, 2.75) is 51.9 Å². The minimum atomic E-state index is 0.0541. The van der Waals surface area contributed by atoms with Gasteiger partial charge in [0.25, 0.3) is 0 Å². The highest BCUT2D eigenvalue weighted by Crippen LogP contribution is 2.32. The van der Waals surface area contributed by atoms with E-state index in [2.05, 4.69) is 16.8 Å². The molecular weight excluding hydrogens is 248 g/mol. The van der Waals surface area contributed by atoms with E-state index < -0.39 is 0 Å². The first-order valence-corrected chi connectivity index (χ1v) is 7.46. The van der Waals surface area contributed by atoms with E-state index in [1.807, 2.05) is 0 Å². The highest BCUT2D eigenvalue weighted by molar-refractivity contribution is 7.15. The van der Waals surface area contributed by atoms with Gasteiger partial charge >= 0.3 is 0 Å². The van der Waals surface area contributed by atoms with E-state index in [-0.39, 0.29) is 6.61 Å². The minimum absolute atomic E-state index is 0.0541. The van der Waals surface area contributed by atoms with Crippen molar-refractivity contribution >= 4 is 16.5 Å². The van der Waals surface area contributed by atoms with Gasteiger partial charge in [0.15, 0.2) is 5.13 Å². The summed E-state index contributed by atoms with van der Waals surface area (Å²) in [4.78, 5) is 7.96. The third-order valence-electron chi connectivity index (χ3n) is 3.54. The SMILES string of the molecule is CCN(c1nc(COC)c(CO)s1)C1CCCC1. The Balaban J connectivity index is 2.19. The van der Waals surface area contributed by atoms with Crippen molar-refractivity contribution in [1.29, 1.82) is 0 Å². The van der Waals surface area contributed by atoms with Gasteiger partial charge in [-0.05, 0) is 19.8 Å². The molecule has 0 bridgehead atoms. The Bertz CT molecular complexity index is 375. The van der Waals surface area contributed by atoms with Crippen molar-refractivity contribution in [2.75, 3.05) is 18.6 Å². The van der Waals surface area contributed by atoms with Gasteiger partial charge in [0, 0.05) is 19.7 Å². The molecule has 0 aromatic carbocycles. The number of aliphatic hydroxyl groups excluding tert-OH is 1. The zero-order valence-corrected chi connectivity index (χ0v) is 12.0. The molecule has 0 aliphatic heterocycles. The Morgan fingerprint density at radius 1 is 1.44 bits per heavy atom. The lowest BCUT2D eigenvalue weighted by Crippen LogP contribution is -2.32. The van der Waals surface area contributed by atoms with E-state index in [1.54, 1.807) is 18.4 Å². The molecule has 1 aromatic rings. The Hall–Kier alpha value is -0.650. The van der Waals surface area contributed by atoms with Crippen LogP contribution in [-0.2, 0) is 18.0 Å². The van der Waals surface area contributed by atoms with E-state index >= 15 is 0 Å². The van der Waals surface area contributed by atoms with E-state index in [1.165, 1.54) is 25.7 Å². The zero-order valence-electron chi connectivity index (χ0n) is 11.2. The topological polar surface area (TPSA) is 45.6 Å². The molecular formula is C13H22N2O2S. The van der Waals surface area contributed by atoms with Crippen LogP contribution >= 0.6 is 11.3 Å². The van der Waals surface area contributed by atoms with Crippen molar-refractivity contribution in [1.82, 2.24) is 4.98 Å². The second kappa shape index (κ2) is 6.50. The number of rotatable bonds is 6.